The molecule has 0 unspecified atom stereocenters. The van der Waals surface area contributed by atoms with Crippen molar-refractivity contribution in [3.8, 4) is 0 Å². The molecular weight excluding hydrogens is 242 g/mol. The predicted octanol–water partition coefficient (Wildman–Crippen LogP) is 2.50. The molecule has 0 aromatic heterocycles. The molecule has 2 nitrogen and oxygen atoms in total. The minimum atomic E-state index is 0.216. The van der Waals surface area contributed by atoms with Crippen LogP contribution in [-0.4, -0.2) is 19.7 Å². The van der Waals surface area contributed by atoms with E-state index in [2.05, 4.69) is 45.5 Å². The highest BCUT2D eigenvalue weighted by Gasteiger charge is 2.27. The fourth-order valence-electron chi connectivity index (χ4n) is 1.87. The van der Waals surface area contributed by atoms with Crippen molar-refractivity contribution in [2.24, 2.45) is 0 Å². The Morgan fingerprint density at radius 2 is 2.07 bits per heavy atom. The van der Waals surface area contributed by atoms with Crippen molar-refractivity contribution in [1.29, 1.82) is 0 Å². The smallest absolute Gasteiger partial charge is 0.0978 e. The van der Waals surface area contributed by atoms with Crippen molar-refractivity contribution in [3.63, 3.8) is 0 Å². The first-order valence-corrected chi connectivity index (χ1v) is 5.65. The van der Waals surface area contributed by atoms with Crippen molar-refractivity contribution in [2.45, 2.75) is 18.6 Å². The molecule has 0 radical (unpaired) electrons. The van der Waals surface area contributed by atoms with E-state index in [1.165, 1.54) is 5.56 Å². The summed E-state index contributed by atoms with van der Waals surface area (Å²) in [6, 6.07) is 8.80. The van der Waals surface area contributed by atoms with Gasteiger partial charge >= 0.3 is 0 Å². The second-order valence-electron chi connectivity index (χ2n) is 3.53. The fourth-order valence-corrected chi connectivity index (χ4v) is 2.13. The molecule has 0 bridgehead atoms. The molecule has 1 aromatic rings. The quantitative estimate of drug-likeness (QED) is 0.877. The molecule has 0 amide bonds. The van der Waals surface area contributed by atoms with Crippen molar-refractivity contribution in [2.75, 3.05) is 13.7 Å². The van der Waals surface area contributed by atoms with Crippen LogP contribution < -0.4 is 5.32 Å². The molecule has 14 heavy (non-hydrogen) atoms. The van der Waals surface area contributed by atoms with E-state index in [9.17, 15) is 0 Å². The van der Waals surface area contributed by atoms with E-state index in [1.54, 1.807) is 0 Å². The molecule has 1 aliphatic heterocycles. The lowest BCUT2D eigenvalue weighted by Gasteiger charge is -2.18. The Hall–Kier alpha value is -0.380. The third kappa shape index (κ3) is 2.00. The van der Waals surface area contributed by atoms with Crippen LogP contribution in [0.3, 0.4) is 0 Å². The topological polar surface area (TPSA) is 21.3 Å². The van der Waals surface area contributed by atoms with Crippen LogP contribution in [0.5, 0.6) is 0 Å². The van der Waals surface area contributed by atoms with Gasteiger partial charge in [-0.25, -0.2) is 0 Å². The van der Waals surface area contributed by atoms with Gasteiger partial charge in [0.2, 0.25) is 0 Å². The molecular formula is C11H14BrNO. The fraction of sp³-hybridized carbons (Fsp3) is 0.455. The average Bonchev–Trinajstić information content (AvgIpc) is 2.67. The van der Waals surface area contributed by atoms with E-state index >= 15 is 0 Å². The zero-order chi connectivity index (χ0) is 9.97. The molecule has 1 aliphatic rings. The summed E-state index contributed by atoms with van der Waals surface area (Å²) in [5.74, 6) is 0. The standard InChI is InChI=1S/C11H14BrNO/c1-13-10-6-7-14-11(10)8-2-4-9(12)5-3-8/h2-5,10-11,13H,6-7H2,1H3/t10-,11+/m1/s1. The molecule has 2 rings (SSSR count). The summed E-state index contributed by atoms with van der Waals surface area (Å²) in [7, 11) is 1.99. The van der Waals surface area contributed by atoms with E-state index in [4.69, 9.17) is 4.74 Å². The first kappa shape index (κ1) is 10.1. The predicted molar refractivity (Wildman–Crippen MR) is 60.3 cm³/mol. The summed E-state index contributed by atoms with van der Waals surface area (Å²) in [5, 5.41) is 3.29. The minimum Gasteiger partial charge on any atom is -0.372 e. The molecule has 76 valence electrons. The average molecular weight is 256 g/mol. The minimum absolute atomic E-state index is 0.216. The second kappa shape index (κ2) is 4.43. The van der Waals surface area contributed by atoms with E-state index in [0.29, 0.717) is 6.04 Å². The van der Waals surface area contributed by atoms with Gasteiger partial charge in [0.05, 0.1) is 6.10 Å². The van der Waals surface area contributed by atoms with Crippen LogP contribution in [0.4, 0.5) is 0 Å². The normalized spacial score (nSPS) is 26.7. The van der Waals surface area contributed by atoms with Crippen molar-refractivity contribution < 1.29 is 4.74 Å². The zero-order valence-electron chi connectivity index (χ0n) is 8.16. The summed E-state index contributed by atoms with van der Waals surface area (Å²) >= 11 is 3.43. The van der Waals surface area contributed by atoms with Crippen LogP contribution in [0.2, 0.25) is 0 Å². The maximum atomic E-state index is 5.70. The maximum Gasteiger partial charge on any atom is 0.0978 e. The number of benzene rings is 1. The van der Waals surface area contributed by atoms with Gasteiger partial charge in [0.25, 0.3) is 0 Å². The molecule has 0 spiro atoms. The van der Waals surface area contributed by atoms with Gasteiger partial charge in [-0.1, -0.05) is 28.1 Å². The molecule has 1 fully saturated rings. The number of hydrogen-bond donors (Lipinski definition) is 1. The van der Waals surface area contributed by atoms with Gasteiger partial charge < -0.3 is 10.1 Å². The van der Waals surface area contributed by atoms with Gasteiger partial charge in [0.15, 0.2) is 0 Å². The van der Waals surface area contributed by atoms with Crippen molar-refractivity contribution >= 4 is 15.9 Å². The lowest BCUT2D eigenvalue weighted by Crippen LogP contribution is -2.27. The van der Waals surface area contributed by atoms with Crippen LogP contribution in [0, 0.1) is 0 Å². The molecule has 0 saturated carbocycles. The first-order chi connectivity index (χ1) is 6.81. The summed E-state index contributed by atoms with van der Waals surface area (Å²) in [5.41, 5.74) is 1.25. The number of halogens is 1. The highest BCUT2D eigenvalue weighted by atomic mass is 79.9. The Morgan fingerprint density at radius 1 is 1.36 bits per heavy atom. The maximum absolute atomic E-state index is 5.70. The van der Waals surface area contributed by atoms with Crippen molar-refractivity contribution in [3.05, 3.63) is 34.3 Å². The van der Waals surface area contributed by atoms with Crippen LogP contribution in [0.25, 0.3) is 0 Å². The second-order valence-corrected chi connectivity index (χ2v) is 4.44. The summed E-state index contributed by atoms with van der Waals surface area (Å²) in [4.78, 5) is 0. The SMILES string of the molecule is CN[C@@H]1CCO[C@H]1c1ccc(Br)cc1. The molecule has 3 heteroatoms. The Morgan fingerprint density at radius 3 is 2.71 bits per heavy atom. The summed E-state index contributed by atoms with van der Waals surface area (Å²) < 4.78 is 6.82. The number of hydrogen-bond acceptors (Lipinski definition) is 2. The van der Waals surface area contributed by atoms with Crippen LogP contribution in [0.1, 0.15) is 18.1 Å². The van der Waals surface area contributed by atoms with Crippen LogP contribution in [0.15, 0.2) is 28.7 Å². The Kier molecular flexibility index (Phi) is 3.21. The Bertz CT molecular complexity index is 299. The molecule has 1 heterocycles. The Labute approximate surface area is 92.8 Å². The molecule has 1 N–H and O–H groups in total. The number of likely N-dealkylation sites (N-methyl/N-ethyl adjacent to an activating group) is 1. The Balaban J connectivity index is 2.17. The van der Waals surface area contributed by atoms with E-state index in [-0.39, 0.29) is 6.10 Å². The lowest BCUT2D eigenvalue weighted by molar-refractivity contribution is 0.100. The highest BCUT2D eigenvalue weighted by Crippen LogP contribution is 2.29. The first-order valence-electron chi connectivity index (χ1n) is 4.85. The lowest BCUT2D eigenvalue weighted by atomic mass is 10.0. The monoisotopic (exact) mass is 255 g/mol. The summed E-state index contributed by atoms with van der Waals surface area (Å²) in [6.45, 7) is 0.853. The number of ether oxygens (including phenoxy) is 1. The zero-order valence-corrected chi connectivity index (χ0v) is 9.75. The van der Waals surface area contributed by atoms with Gasteiger partial charge in [-0.15, -0.1) is 0 Å². The van der Waals surface area contributed by atoms with E-state index < -0.39 is 0 Å². The van der Waals surface area contributed by atoms with Gasteiger partial charge in [0.1, 0.15) is 0 Å². The third-order valence-corrected chi connectivity index (χ3v) is 3.19. The van der Waals surface area contributed by atoms with Crippen molar-refractivity contribution in [1.82, 2.24) is 5.32 Å². The van der Waals surface area contributed by atoms with Gasteiger partial charge in [-0.3, -0.25) is 0 Å². The van der Waals surface area contributed by atoms with Gasteiger partial charge in [0, 0.05) is 17.1 Å². The highest BCUT2D eigenvalue weighted by molar-refractivity contribution is 9.10. The largest absolute Gasteiger partial charge is 0.372 e. The molecule has 0 aliphatic carbocycles. The summed E-state index contributed by atoms with van der Waals surface area (Å²) in [6.07, 6.45) is 1.31. The number of rotatable bonds is 2. The number of nitrogens with one attached hydrogen (secondary N) is 1. The van der Waals surface area contributed by atoms with Gasteiger partial charge in [-0.05, 0) is 31.2 Å². The van der Waals surface area contributed by atoms with Crippen LogP contribution in [-0.2, 0) is 4.74 Å². The molecule has 1 saturated heterocycles. The molecule has 1 aromatic carbocycles. The van der Waals surface area contributed by atoms with E-state index in [0.717, 1.165) is 17.5 Å². The van der Waals surface area contributed by atoms with E-state index in [1.807, 2.05) is 7.05 Å². The third-order valence-electron chi connectivity index (χ3n) is 2.66. The molecule has 2 atom stereocenters. The van der Waals surface area contributed by atoms with Crippen LogP contribution >= 0.6 is 15.9 Å². The van der Waals surface area contributed by atoms with Gasteiger partial charge in [-0.2, -0.15) is 0 Å².